The van der Waals surface area contributed by atoms with Crippen LogP contribution in [-0.4, -0.2) is 36.8 Å². The number of aryl methyl sites for hydroxylation is 2. The maximum absolute atomic E-state index is 10.6. The Morgan fingerprint density at radius 3 is 2.68 bits per heavy atom. The lowest BCUT2D eigenvalue weighted by molar-refractivity contribution is -0.137. The van der Waals surface area contributed by atoms with Gasteiger partial charge in [-0.1, -0.05) is 6.07 Å². The van der Waals surface area contributed by atoms with Gasteiger partial charge < -0.3 is 15.3 Å². The molecular formula is C15H22N2O2. The first-order valence-corrected chi connectivity index (χ1v) is 6.83. The molecule has 1 aromatic rings. The molecule has 0 bridgehead atoms. The van der Waals surface area contributed by atoms with E-state index in [-0.39, 0.29) is 12.5 Å². The van der Waals surface area contributed by atoms with Gasteiger partial charge in [0, 0.05) is 37.8 Å². The summed E-state index contributed by atoms with van der Waals surface area (Å²) in [6.07, 6.45) is 0.926. The summed E-state index contributed by atoms with van der Waals surface area (Å²) in [5.41, 5.74) is 3.80. The van der Waals surface area contributed by atoms with Crippen molar-refractivity contribution in [3.8, 4) is 0 Å². The highest BCUT2D eigenvalue weighted by molar-refractivity contribution is 5.66. The van der Waals surface area contributed by atoms with E-state index in [0.717, 1.165) is 19.6 Å². The highest BCUT2D eigenvalue weighted by Crippen LogP contribution is 2.20. The molecule has 0 aromatic heterocycles. The second kappa shape index (κ2) is 6.06. The van der Waals surface area contributed by atoms with E-state index in [0.29, 0.717) is 6.42 Å². The molecule has 1 aliphatic heterocycles. The summed E-state index contributed by atoms with van der Waals surface area (Å²) in [5, 5.41) is 12.2. The number of carbonyl (C=O) groups is 1. The maximum atomic E-state index is 10.6. The number of hydrogen-bond acceptors (Lipinski definition) is 3. The van der Waals surface area contributed by atoms with E-state index in [1.165, 1.54) is 16.8 Å². The van der Waals surface area contributed by atoms with Crippen LogP contribution in [0.25, 0.3) is 0 Å². The molecular weight excluding hydrogens is 240 g/mol. The van der Waals surface area contributed by atoms with Crippen molar-refractivity contribution in [2.24, 2.45) is 0 Å². The SMILES string of the molecule is Cc1cc(C)cc(N2CCNC(CCC(=O)O)C2)c1. The topological polar surface area (TPSA) is 52.6 Å². The molecule has 0 radical (unpaired) electrons. The Morgan fingerprint density at radius 2 is 2.05 bits per heavy atom. The zero-order valence-corrected chi connectivity index (χ0v) is 11.6. The summed E-state index contributed by atoms with van der Waals surface area (Å²) >= 11 is 0. The number of aliphatic carboxylic acids is 1. The van der Waals surface area contributed by atoms with E-state index in [9.17, 15) is 4.79 Å². The molecule has 1 aliphatic rings. The lowest BCUT2D eigenvalue weighted by Gasteiger charge is -2.35. The van der Waals surface area contributed by atoms with Gasteiger partial charge in [-0.25, -0.2) is 0 Å². The van der Waals surface area contributed by atoms with Gasteiger partial charge in [-0.05, 0) is 43.5 Å². The summed E-state index contributed by atoms with van der Waals surface area (Å²) in [6, 6.07) is 6.85. The summed E-state index contributed by atoms with van der Waals surface area (Å²) in [5.74, 6) is -0.717. The monoisotopic (exact) mass is 262 g/mol. The van der Waals surface area contributed by atoms with Crippen molar-refractivity contribution >= 4 is 11.7 Å². The highest BCUT2D eigenvalue weighted by Gasteiger charge is 2.20. The predicted octanol–water partition coefficient (Wildman–Crippen LogP) is 1.95. The third-order valence-corrected chi connectivity index (χ3v) is 3.53. The summed E-state index contributed by atoms with van der Waals surface area (Å²) in [4.78, 5) is 13.0. The van der Waals surface area contributed by atoms with Crippen molar-refractivity contribution in [3.63, 3.8) is 0 Å². The Bertz CT molecular complexity index is 439. The number of nitrogens with one attached hydrogen (secondary N) is 1. The molecule has 0 spiro atoms. The molecule has 1 aromatic carbocycles. The normalized spacial score (nSPS) is 19.5. The zero-order valence-electron chi connectivity index (χ0n) is 11.6. The van der Waals surface area contributed by atoms with E-state index >= 15 is 0 Å². The molecule has 1 unspecified atom stereocenters. The molecule has 104 valence electrons. The van der Waals surface area contributed by atoms with Crippen molar-refractivity contribution in [2.75, 3.05) is 24.5 Å². The molecule has 1 fully saturated rings. The average Bonchev–Trinajstić information content (AvgIpc) is 2.35. The van der Waals surface area contributed by atoms with Crippen LogP contribution in [0.5, 0.6) is 0 Å². The van der Waals surface area contributed by atoms with Crippen molar-refractivity contribution in [1.82, 2.24) is 5.32 Å². The van der Waals surface area contributed by atoms with Crippen LogP contribution in [0.4, 0.5) is 5.69 Å². The number of nitrogens with zero attached hydrogens (tertiary/aromatic N) is 1. The molecule has 1 heterocycles. The third kappa shape index (κ3) is 3.96. The van der Waals surface area contributed by atoms with Crippen LogP contribution in [0.2, 0.25) is 0 Å². The first-order chi connectivity index (χ1) is 9.04. The molecule has 0 aliphatic carbocycles. The van der Waals surface area contributed by atoms with Gasteiger partial charge in [-0.15, -0.1) is 0 Å². The van der Waals surface area contributed by atoms with E-state index < -0.39 is 5.97 Å². The molecule has 0 amide bonds. The van der Waals surface area contributed by atoms with Crippen LogP contribution < -0.4 is 10.2 Å². The number of piperazine rings is 1. The Morgan fingerprint density at radius 1 is 1.37 bits per heavy atom. The number of anilines is 1. The average molecular weight is 262 g/mol. The summed E-state index contributed by atoms with van der Waals surface area (Å²) in [7, 11) is 0. The van der Waals surface area contributed by atoms with Gasteiger partial charge in [-0.3, -0.25) is 4.79 Å². The maximum Gasteiger partial charge on any atom is 0.303 e. The lowest BCUT2D eigenvalue weighted by Crippen LogP contribution is -2.50. The minimum absolute atomic E-state index is 0.234. The molecule has 2 rings (SSSR count). The largest absolute Gasteiger partial charge is 0.481 e. The summed E-state index contributed by atoms with van der Waals surface area (Å²) in [6.45, 7) is 7.00. The first-order valence-electron chi connectivity index (χ1n) is 6.83. The number of benzene rings is 1. The Balaban J connectivity index is 2.02. The fraction of sp³-hybridized carbons (Fsp3) is 0.533. The van der Waals surface area contributed by atoms with Gasteiger partial charge in [0.15, 0.2) is 0 Å². The fourth-order valence-electron chi connectivity index (χ4n) is 2.68. The summed E-state index contributed by atoms with van der Waals surface area (Å²) < 4.78 is 0. The van der Waals surface area contributed by atoms with Gasteiger partial charge in [0.1, 0.15) is 0 Å². The van der Waals surface area contributed by atoms with E-state index in [1.807, 2.05) is 0 Å². The standard InChI is InChI=1S/C15H22N2O2/c1-11-7-12(2)9-14(8-11)17-6-5-16-13(10-17)3-4-15(18)19/h7-9,13,16H,3-6,10H2,1-2H3,(H,18,19). The smallest absolute Gasteiger partial charge is 0.303 e. The molecule has 19 heavy (non-hydrogen) atoms. The van der Waals surface area contributed by atoms with E-state index in [1.54, 1.807) is 0 Å². The second-order valence-corrected chi connectivity index (χ2v) is 5.38. The lowest BCUT2D eigenvalue weighted by atomic mass is 10.1. The highest BCUT2D eigenvalue weighted by atomic mass is 16.4. The molecule has 4 heteroatoms. The predicted molar refractivity (Wildman–Crippen MR) is 76.8 cm³/mol. The fourth-order valence-corrected chi connectivity index (χ4v) is 2.68. The molecule has 1 saturated heterocycles. The second-order valence-electron chi connectivity index (χ2n) is 5.38. The van der Waals surface area contributed by atoms with Crippen molar-refractivity contribution in [3.05, 3.63) is 29.3 Å². The molecule has 2 N–H and O–H groups in total. The van der Waals surface area contributed by atoms with Crippen LogP contribution in [0.1, 0.15) is 24.0 Å². The van der Waals surface area contributed by atoms with Crippen LogP contribution in [0.15, 0.2) is 18.2 Å². The minimum atomic E-state index is -0.717. The number of rotatable bonds is 4. The van der Waals surface area contributed by atoms with Gasteiger partial charge in [0.25, 0.3) is 0 Å². The Kier molecular flexibility index (Phi) is 4.43. The van der Waals surface area contributed by atoms with E-state index in [2.05, 4.69) is 42.3 Å². The van der Waals surface area contributed by atoms with Gasteiger partial charge in [0.05, 0.1) is 0 Å². The number of hydrogen-bond donors (Lipinski definition) is 2. The molecule has 0 saturated carbocycles. The van der Waals surface area contributed by atoms with Gasteiger partial charge in [-0.2, -0.15) is 0 Å². The Labute approximate surface area is 114 Å². The van der Waals surface area contributed by atoms with Crippen molar-refractivity contribution < 1.29 is 9.90 Å². The number of carboxylic acid groups (broad SMARTS) is 1. The van der Waals surface area contributed by atoms with Gasteiger partial charge in [0.2, 0.25) is 0 Å². The zero-order chi connectivity index (χ0) is 13.8. The molecule has 1 atom stereocenters. The van der Waals surface area contributed by atoms with Crippen LogP contribution in [0.3, 0.4) is 0 Å². The van der Waals surface area contributed by atoms with Crippen LogP contribution in [-0.2, 0) is 4.79 Å². The first kappa shape index (κ1) is 13.9. The van der Waals surface area contributed by atoms with E-state index in [4.69, 9.17) is 5.11 Å². The van der Waals surface area contributed by atoms with Gasteiger partial charge >= 0.3 is 5.97 Å². The van der Waals surface area contributed by atoms with Crippen LogP contribution in [0, 0.1) is 13.8 Å². The minimum Gasteiger partial charge on any atom is -0.481 e. The number of carboxylic acids is 1. The van der Waals surface area contributed by atoms with Crippen molar-refractivity contribution in [2.45, 2.75) is 32.7 Å². The Hall–Kier alpha value is -1.55. The van der Waals surface area contributed by atoms with Crippen molar-refractivity contribution in [1.29, 1.82) is 0 Å². The third-order valence-electron chi connectivity index (χ3n) is 3.53. The quantitative estimate of drug-likeness (QED) is 0.871. The van der Waals surface area contributed by atoms with Crippen LogP contribution >= 0.6 is 0 Å². The molecule has 4 nitrogen and oxygen atoms in total.